The van der Waals surface area contributed by atoms with Crippen LogP contribution in [0.4, 0.5) is 15.8 Å². The molecule has 0 aliphatic heterocycles. The lowest BCUT2D eigenvalue weighted by atomic mass is 10.2. The van der Waals surface area contributed by atoms with Gasteiger partial charge in [0.1, 0.15) is 5.82 Å². The number of halogens is 2. The van der Waals surface area contributed by atoms with E-state index in [1.165, 1.54) is 24.3 Å². The molecule has 6 nitrogen and oxygen atoms in total. The molecule has 3 aromatic rings. The van der Waals surface area contributed by atoms with E-state index in [-0.39, 0.29) is 26.2 Å². The number of hydrogen-bond acceptors (Lipinski definition) is 4. The van der Waals surface area contributed by atoms with Gasteiger partial charge in [-0.1, -0.05) is 29.8 Å². The molecule has 10 heteroatoms. The molecule has 0 amide bonds. The van der Waals surface area contributed by atoms with Crippen molar-refractivity contribution in [1.82, 2.24) is 0 Å². The Morgan fingerprint density at radius 1 is 0.828 bits per heavy atom. The van der Waals surface area contributed by atoms with Gasteiger partial charge in [0.05, 0.1) is 26.2 Å². The minimum atomic E-state index is -4.03. The average molecular weight is 455 g/mol. The third-order valence-corrected chi connectivity index (χ3v) is 7.21. The lowest BCUT2D eigenvalue weighted by molar-refractivity contribution is 0.597. The zero-order valence-corrected chi connectivity index (χ0v) is 17.4. The quantitative estimate of drug-likeness (QED) is 0.577. The summed E-state index contributed by atoms with van der Waals surface area (Å²) in [6.45, 7) is 1.58. The molecule has 3 aromatic carbocycles. The molecule has 0 aliphatic rings. The van der Waals surface area contributed by atoms with Gasteiger partial charge in [-0.05, 0) is 61.0 Å². The second kappa shape index (κ2) is 8.02. The van der Waals surface area contributed by atoms with E-state index in [0.29, 0.717) is 5.56 Å². The summed E-state index contributed by atoms with van der Waals surface area (Å²) in [5, 5.41) is 0.224. The van der Waals surface area contributed by atoms with Gasteiger partial charge in [0, 0.05) is 0 Å². The van der Waals surface area contributed by atoms with E-state index in [4.69, 9.17) is 11.6 Å². The van der Waals surface area contributed by atoms with Crippen LogP contribution < -0.4 is 9.44 Å². The third-order valence-electron chi connectivity index (χ3n) is 3.97. The van der Waals surface area contributed by atoms with Gasteiger partial charge in [0.25, 0.3) is 20.0 Å². The lowest BCUT2D eigenvalue weighted by Gasteiger charge is -2.14. The summed E-state index contributed by atoms with van der Waals surface area (Å²) in [6, 6.07) is 14.7. The van der Waals surface area contributed by atoms with Crippen molar-refractivity contribution in [2.45, 2.75) is 16.7 Å². The first kappa shape index (κ1) is 21.1. The fourth-order valence-electron chi connectivity index (χ4n) is 2.52. The Hall–Kier alpha value is -2.62. The van der Waals surface area contributed by atoms with Gasteiger partial charge in [-0.3, -0.25) is 9.44 Å². The van der Waals surface area contributed by atoms with Crippen molar-refractivity contribution < 1.29 is 21.2 Å². The normalized spacial score (nSPS) is 11.8. The molecule has 29 heavy (non-hydrogen) atoms. The molecule has 3 rings (SSSR count). The van der Waals surface area contributed by atoms with E-state index in [0.717, 1.165) is 24.3 Å². The fourth-order valence-corrected chi connectivity index (χ4v) is 5.16. The molecule has 0 fully saturated rings. The molecule has 2 N–H and O–H groups in total. The van der Waals surface area contributed by atoms with Gasteiger partial charge in [0.15, 0.2) is 0 Å². The first-order valence-electron chi connectivity index (χ1n) is 8.25. The number of hydrogen-bond donors (Lipinski definition) is 2. The molecule has 0 aliphatic carbocycles. The van der Waals surface area contributed by atoms with Crippen LogP contribution in [0.1, 0.15) is 5.56 Å². The van der Waals surface area contributed by atoms with Crippen LogP contribution >= 0.6 is 11.6 Å². The van der Waals surface area contributed by atoms with Gasteiger partial charge < -0.3 is 0 Å². The van der Waals surface area contributed by atoms with Crippen LogP contribution in [0.5, 0.6) is 0 Å². The Morgan fingerprint density at radius 2 is 1.48 bits per heavy atom. The highest BCUT2D eigenvalue weighted by atomic mass is 35.5. The van der Waals surface area contributed by atoms with Gasteiger partial charge in [-0.15, -0.1) is 0 Å². The Balaban J connectivity index is 1.93. The van der Waals surface area contributed by atoms with Crippen LogP contribution in [0.15, 0.2) is 76.5 Å². The zero-order valence-electron chi connectivity index (χ0n) is 15.1. The Bertz CT molecular complexity index is 1260. The van der Waals surface area contributed by atoms with Crippen molar-refractivity contribution in [3.05, 3.63) is 83.1 Å². The Morgan fingerprint density at radius 3 is 2.14 bits per heavy atom. The fraction of sp³-hybridized carbons (Fsp3) is 0.0526. The lowest BCUT2D eigenvalue weighted by Crippen LogP contribution is -2.16. The molecule has 0 saturated carbocycles. The molecule has 0 aromatic heterocycles. The number of rotatable bonds is 6. The highest BCUT2D eigenvalue weighted by Crippen LogP contribution is 2.27. The molecule has 0 unspecified atom stereocenters. The molecular formula is C19H16ClFN2O4S2. The van der Waals surface area contributed by atoms with Crippen molar-refractivity contribution >= 4 is 43.0 Å². The Labute approximate surface area is 173 Å². The van der Waals surface area contributed by atoms with Crippen molar-refractivity contribution in [2.75, 3.05) is 9.44 Å². The van der Waals surface area contributed by atoms with E-state index in [1.807, 2.05) is 0 Å². The van der Waals surface area contributed by atoms with E-state index in [1.54, 1.807) is 25.1 Å². The molecule has 0 bridgehead atoms. The van der Waals surface area contributed by atoms with Crippen LogP contribution in [-0.2, 0) is 20.0 Å². The van der Waals surface area contributed by atoms with Gasteiger partial charge in [0.2, 0.25) is 0 Å². The average Bonchev–Trinajstić information content (AvgIpc) is 2.65. The predicted molar refractivity (Wildman–Crippen MR) is 111 cm³/mol. The predicted octanol–water partition coefficient (Wildman–Crippen LogP) is 4.39. The second-order valence-electron chi connectivity index (χ2n) is 6.13. The van der Waals surface area contributed by atoms with Crippen LogP contribution in [0.2, 0.25) is 5.02 Å². The van der Waals surface area contributed by atoms with Crippen LogP contribution in [0, 0.1) is 12.7 Å². The maximum absolute atomic E-state index is 13.0. The summed E-state index contributed by atoms with van der Waals surface area (Å²) in [5.41, 5.74) is 0.652. The minimum Gasteiger partial charge on any atom is -0.280 e. The number of sulfonamides is 2. The molecular weight excluding hydrogens is 439 g/mol. The van der Waals surface area contributed by atoms with Crippen LogP contribution in [0.3, 0.4) is 0 Å². The maximum Gasteiger partial charge on any atom is 0.262 e. The summed E-state index contributed by atoms with van der Waals surface area (Å²) in [5.74, 6) is -0.571. The highest BCUT2D eigenvalue weighted by Gasteiger charge is 2.21. The zero-order chi connectivity index (χ0) is 21.2. The summed E-state index contributed by atoms with van der Waals surface area (Å²) >= 11 is 6.01. The van der Waals surface area contributed by atoms with Gasteiger partial charge in [-0.2, -0.15) is 0 Å². The first-order valence-corrected chi connectivity index (χ1v) is 11.6. The number of anilines is 2. The van der Waals surface area contributed by atoms with Crippen LogP contribution in [-0.4, -0.2) is 16.8 Å². The summed E-state index contributed by atoms with van der Waals surface area (Å²) in [4.78, 5) is -0.269. The number of para-hydroxylation sites is 1. The smallest absolute Gasteiger partial charge is 0.262 e. The number of benzene rings is 3. The molecule has 0 heterocycles. The summed E-state index contributed by atoms with van der Waals surface area (Å²) in [7, 11) is -8.06. The van der Waals surface area contributed by atoms with E-state index >= 15 is 0 Å². The summed E-state index contributed by atoms with van der Waals surface area (Å²) in [6.07, 6.45) is 0. The number of nitrogens with one attached hydrogen (secondary N) is 2. The van der Waals surface area contributed by atoms with Crippen molar-refractivity contribution in [1.29, 1.82) is 0 Å². The van der Waals surface area contributed by atoms with Crippen LogP contribution in [0.25, 0.3) is 0 Å². The highest BCUT2D eigenvalue weighted by molar-refractivity contribution is 7.93. The molecule has 0 atom stereocenters. The second-order valence-corrected chi connectivity index (χ2v) is 9.87. The maximum atomic E-state index is 13.0. The SMILES string of the molecule is Cc1ccc(NS(=O)(=O)c2ccc(F)cc2)cc1S(=O)(=O)Nc1ccccc1Cl. The minimum absolute atomic E-state index is 0.0412. The first-order chi connectivity index (χ1) is 13.6. The summed E-state index contributed by atoms with van der Waals surface area (Å²) < 4.78 is 68.3. The number of aryl methyl sites for hydroxylation is 1. The van der Waals surface area contributed by atoms with E-state index in [2.05, 4.69) is 9.44 Å². The Kier molecular flexibility index (Phi) is 5.83. The van der Waals surface area contributed by atoms with Crippen molar-refractivity contribution in [3.63, 3.8) is 0 Å². The largest absolute Gasteiger partial charge is 0.280 e. The van der Waals surface area contributed by atoms with Crippen molar-refractivity contribution in [3.8, 4) is 0 Å². The van der Waals surface area contributed by atoms with E-state index < -0.39 is 25.9 Å². The van der Waals surface area contributed by atoms with Crippen molar-refractivity contribution in [2.24, 2.45) is 0 Å². The van der Waals surface area contributed by atoms with Gasteiger partial charge >= 0.3 is 0 Å². The topological polar surface area (TPSA) is 92.3 Å². The molecule has 0 saturated heterocycles. The van der Waals surface area contributed by atoms with E-state index in [9.17, 15) is 21.2 Å². The standard InChI is InChI=1S/C19H16ClFN2O4S2/c1-13-6-9-15(22-28(24,25)16-10-7-14(21)8-11-16)12-19(13)29(26,27)23-18-5-3-2-4-17(18)20/h2-12,22-23H,1H3. The third kappa shape index (κ3) is 4.87. The van der Waals surface area contributed by atoms with Gasteiger partial charge in [-0.25, -0.2) is 21.2 Å². The molecule has 152 valence electrons. The molecule has 0 radical (unpaired) electrons. The molecule has 0 spiro atoms. The monoisotopic (exact) mass is 454 g/mol.